The second kappa shape index (κ2) is 4.57. The van der Waals surface area contributed by atoms with E-state index in [1.165, 1.54) is 12.3 Å². The van der Waals surface area contributed by atoms with Gasteiger partial charge in [-0.05, 0) is 31.8 Å². The molecule has 18 heavy (non-hydrogen) atoms. The van der Waals surface area contributed by atoms with Crippen LogP contribution in [0.2, 0.25) is 5.02 Å². The third-order valence-electron chi connectivity index (χ3n) is 2.72. The Morgan fingerprint density at radius 1 is 1.33 bits per heavy atom. The molecule has 1 aromatic carbocycles. The molecule has 0 aliphatic carbocycles. The van der Waals surface area contributed by atoms with Crippen molar-refractivity contribution in [2.45, 2.75) is 11.4 Å². The van der Waals surface area contributed by atoms with Gasteiger partial charge in [-0.3, -0.25) is 0 Å². The molecule has 0 spiro atoms. The molecule has 1 N–H and O–H groups in total. The smallest absolute Gasteiger partial charge is 0.175 e. The molecule has 0 saturated carbocycles. The van der Waals surface area contributed by atoms with Gasteiger partial charge >= 0.3 is 0 Å². The van der Waals surface area contributed by atoms with Gasteiger partial charge in [-0.2, -0.15) is 0 Å². The highest BCUT2D eigenvalue weighted by molar-refractivity contribution is 7.90. The first-order chi connectivity index (χ1) is 8.29. The SMILES string of the molecule is CN(C)Cc1c[nH]c2c(Cl)cc(S(C)(=O)=O)cc12. The lowest BCUT2D eigenvalue weighted by atomic mass is 10.1. The average molecular weight is 287 g/mol. The number of aromatic amines is 1. The van der Waals surface area contributed by atoms with Crippen LogP contribution in [0.5, 0.6) is 0 Å². The second-order valence-corrected chi connectivity index (χ2v) is 7.07. The number of aromatic nitrogens is 1. The van der Waals surface area contributed by atoms with Gasteiger partial charge < -0.3 is 9.88 Å². The van der Waals surface area contributed by atoms with Crippen LogP contribution in [0.25, 0.3) is 10.9 Å². The second-order valence-electron chi connectivity index (χ2n) is 4.65. The molecule has 0 saturated heterocycles. The van der Waals surface area contributed by atoms with Crippen LogP contribution in [0, 0.1) is 0 Å². The van der Waals surface area contributed by atoms with Crippen LogP contribution in [0.15, 0.2) is 23.2 Å². The van der Waals surface area contributed by atoms with E-state index >= 15 is 0 Å². The van der Waals surface area contributed by atoms with Crippen molar-refractivity contribution in [3.63, 3.8) is 0 Å². The normalized spacial score (nSPS) is 12.5. The van der Waals surface area contributed by atoms with Crippen LogP contribution in [-0.4, -0.2) is 38.7 Å². The van der Waals surface area contributed by atoms with E-state index in [0.29, 0.717) is 5.02 Å². The highest BCUT2D eigenvalue weighted by Crippen LogP contribution is 2.29. The molecule has 98 valence electrons. The molecule has 0 aliphatic heterocycles. The van der Waals surface area contributed by atoms with Gasteiger partial charge in [0, 0.05) is 24.4 Å². The molecule has 0 amide bonds. The van der Waals surface area contributed by atoms with E-state index in [9.17, 15) is 8.42 Å². The number of H-pyrrole nitrogens is 1. The summed E-state index contributed by atoms with van der Waals surface area (Å²) in [4.78, 5) is 5.35. The van der Waals surface area contributed by atoms with Crippen LogP contribution in [0.1, 0.15) is 5.56 Å². The summed E-state index contributed by atoms with van der Waals surface area (Å²) in [6, 6.07) is 3.15. The number of fused-ring (bicyclic) bond motifs is 1. The number of nitrogens with one attached hydrogen (secondary N) is 1. The predicted octanol–water partition coefficient (Wildman–Crippen LogP) is 2.29. The summed E-state index contributed by atoms with van der Waals surface area (Å²) >= 11 is 6.11. The maximum absolute atomic E-state index is 11.6. The molecule has 0 unspecified atom stereocenters. The zero-order chi connectivity index (χ0) is 13.5. The monoisotopic (exact) mass is 286 g/mol. The van der Waals surface area contributed by atoms with Gasteiger partial charge in [-0.25, -0.2) is 8.42 Å². The summed E-state index contributed by atoms with van der Waals surface area (Å²) in [5.74, 6) is 0. The fraction of sp³-hybridized carbons (Fsp3) is 0.333. The third-order valence-corrected chi connectivity index (χ3v) is 4.11. The molecular weight excluding hydrogens is 272 g/mol. The van der Waals surface area contributed by atoms with Gasteiger partial charge in [0.05, 0.1) is 15.4 Å². The van der Waals surface area contributed by atoms with E-state index in [0.717, 1.165) is 23.0 Å². The van der Waals surface area contributed by atoms with Gasteiger partial charge in [0.1, 0.15) is 0 Å². The maximum Gasteiger partial charge on any atom is 0.175 e. The van der Waals surface area contributed by atoms with Gasteiger partial charge in [0.2, 0.25) is 0 Å². The van der Waals surface area contributed by atoms with Gasteiger partial charge in [-0.15, -0.1) is 0 Å². The Labute approximate surface area is 111 Å². The first-order valence-corrected chi connectivity index (χ1v) is 7.70. The fourth-order valence-corrected chi connectivity index (χ4v) is 2.91. The van der Waals surface area contributed by atoms with Crippen LogP contribution in [0.4, 0.5) is 0 Å². The van der Waals surface area contributed by atoms with Gasteiger partial charge in [-0.1, -0.05) is 11.6 Å². The van der Waals surface area contributed by atoms with Crippen LogP contribution in [0.3, 0.4) is 0 Å². The maximum atomic E-state index is 11.6. The molecule has 2 aromatic rings. The minimum atomic E-state index is -3.25. The highest BCUT2D eigenvalue weighted by Gasteiger charge is 2.14. The lowest BCUT2D eigenvalue weighted by Crippen LogP contribution is -2.10. The predicted molar refractivity (Wildman–Crippen MR) is 73.8 cm³/mol. The van der Waals surface area contributed by atoms with E-state index in [-0.39, 0.29) is 4.90 Å². The molecule has 0 atom stereocenters. The molecule has 0 radical (unpaired) electrons. The number of hydrogen-bond acceptors (Lipinski definition) is 3. The van der Waals surface area contributed by atoms with Crippen LogP contribution >= 0.6 is 11.6 Å². The Bertz CT molecular complexity index is 689. The van der Waals surface area contributed by atoms with Crippen LogP contribution in [-0.2, 0) is 16.4 Å². The first-order valence-electron chi connectivity index (χ1n) is 5.43. The van der Waals surface area contributed by atoms with Crippen molar-refractivity contribution in [2.75, 3.05) is 20.4 Å². The van der Waals surface area contributed by atoms with Crippen molar-refractivity contribution >= 4 is 32.3 Å². The molecule has 0 aliphatic rings. The number of rotatable bonds is 3. The molecule has 0 fully saturated rings. The summed E-state index contributed by atoms with van der Waals surface area (Å²) in [7, 11) is 0.667. The largest absolute Gasteiger partial charge is 0.360 e. The van der Waals surface area contributed by atoms with E-state index in [4.69, 9.17) is 11.6 Å². The number of sulfone groups is 1. The van der Waals surface area contributed by atoms with E-state index in [1.54, 1.807) is 6.07 Å². The Morgan fingerprint density at radius 3 is 2.56 bits per heavy atom. The fourth-order valence-electron chi connectivity index (χ4n) is 1.90. The van der Waals surface area contributed by atoms with E-state index < -0.39 is 9.84 Å². The van der Waals surface area contributed by atoms with Crippen molar-refractivity contribution in [2.24, 2.45) is 0 Å². The standard InChI is InChI=1S/C12H15ClN2O2S/c1-15(2)7-8-6-14-12-10(8)4-9(5-11(12)13)18(3,16)17/h4-6,14H,7H2,1-3H3. The minimum Gasteiger partial charge on any atom is -0.360 e. The van der Waals surface area contributed by atoms with Gasteiger partial charge in [0.15, 0.2) is 9.84 Å². The summed E-state index contributed by atoms with van der Waals surface area (Å²) in [6.07, 6.45) is 3.05. The summed E-state index contributed by atoms with van der Waals surface area (Å²) in [5.41, 5.74) is 1.81. The Hall–Kier alpha value is -1.04. The number of nitrogens with zero attached hydrogens (tertiary/aromatic N) is 1. The number of halogens is 1. The Balaban J connectivity index is 2.68. The average Bonchev–Trinajstić information content (AvgIpc) is 2.60. The van der Waals surface area contributed by atoms with E-state index in [2.05, 4.69) is 4.98 Å². The summed E-state index contributed by atoms with van der Waals surface area (Å²) in [6.45, 7) is 0.726. The number of hydrogen-bond donors (Lipinski definition) is 1. The van der Waals surface area contributed by atoms with Gasteiger partial charge in [0.25, 0.3) is 0 Å². The topological polar surface area (TPSA) is 53.2 Å². The first kappa shape index (κ1) is 13.4. The molecule has 1 aromatic heterocycles. The molecular formula is C12H15ClN2O2S. The molecule has 4 nitrogen and oxygen atoms in total. The molecule has 2 rings (SSSR count). The summed E-state index contributed by atoms with van der Waals surface area (Å²) < 4.78 is 23.2. The quantitative estimate of drug-likeness (QED) is 0.942. The van der Waals surface area contributed by atoms with Crippen molar-refractivity contribution in [1.29, 1.82) is 0 Å². The van der Waals surface area contributed by atoms with Crippen LogP contribution < -0.4 is 0 Å². The van der Waals surface area contributed by atoms with Crippen molar-refractivity contribution in [1.82, 2.24) is 9.88 Å². The summed E-state index contributed by atoms with van der Waals surface area (Å²) in [5, 5.41) is 1.29. The Morgan fingerprint density at radius 2 is 2.00 bits per heavy atom. The highest BCUT2D eigenvalue weighted by atomic mass is 35.5. The van der Waals surface area contributed by atoms with Crippen molar-refractivity contribution in [3.05, 3.63) is 28.9 Å². The minimum absolute atomic E-state index is 0.250. The third kappa shape index (κ3) is 2.53. The molecule has 1 heterocycles. The zero-order valence-corrected chi connectivity index (χ0v) is 12.1. The lowest BCUT2D eigenvalue weighted by Gasteiger charge is -2.08. The van der Waals surface area contributed by atoms with E-state index in [1.807, 2.05) is 25.2 Å². The number of benzene rings is 1. The Kier molecular flexibility index (Phi) is 3.40. The van der Waals surface area contributed by atoms with Crippen molar-refractivity contribution in [3.8, 4) is 0 Å². The zero-order valence-electron chi connectivity index (χ0n) is 10.5. The molecule has 6 heteroatoms. The van der Waals surface area contributed by atoms with Crippen molar-refractivity contribution < 1.29 is 8.42 Å². The molecule has 0 bridgehead atoms. The lowest BCUT2D eigenvalue weighted by molar-refractivity contribution is 0.404.